The van der Waals surface area contributed by atoms with Crippen LogP contribution in [0, 0.1) is 23.7 Å². The van der Waals surface area contributed by atoms with Crippen LogP contribution in [0.2, 0.25) is 0 Å². The maximum Gasteiger partial charge on any atom is 0.311 e. The van der Waals surface area contributed by atoms with Crippen molar-refractivity contribution in [1.29, 1.82) is 0 Å². The monoisotopic (exact) mass is 867 g/mol. The summed E-state index contributed by atoms with van der Waals surface area (Å²) in [5.41, 5.74) is -4.56. The first-order chi connectivity index (χ1) is 28.0. The van der Waals surface area contributed by atoms with Crippen LogP contribution in [-0.4, -0.2) is 181 Å². The number of carbonyl (C=O) groups excluding carboxylic acids is 1. The largest absolute Gasteiger partial charge is 0.459 e. The third-order valence-corrected chi connectivity index (χ3v) is 12.8. The van der Waals surface area contributed by atoms with E-state index in [1.54, 1.807) is 62.5 Å². The van der Waals surface area contributed by atoms with E-state index < -0.39 is 102 Å². The second-order valence-electron chi connectivity index (χ2n) is 18.1. The quantitative estimate of drug-likeness (QED) is 0.0688. The van der Waals surface area contributed by atoms with E-state index in [1.165, 1.54) is 14.0 Å². The highest BCUT2D eigenvalue weighted by atomic mass is 16.8. The number of likely N-dealkylation sites (N-methyl/N-ethyl adjacent to an activating group) is 1. The molecule has 3 rings (SSSR count). The summed E-state index contributed by atoms with van der Waals surface area (Å²) in [5, 5.41) is 63.7. The fraction of sp³-hybridized carbons (Fsp3) is 0.952. The van der Waals surface area contributed by atoms with Gasteiger partial charge in [0.15, 0.2) is 19.4 Å². The highest BCUT2D eigenvalue weighted by Gasteiger charge is 2.53. The molecule has 3 aliphatic rings. The molecule has 0 aromatic carbocycles. The molecule has 0 aliphatic carbocycles. The summed E-state index contributed by atoms with van der Waals surface area (Å²) in [4.78, 5) is 21.8. The number of hydrogen-bond acceptors (Lipinski definition) is 18. The Morgan fingerprint density at radius 2 is 1.53 bits per heavy atom. The summed E-state index contributed by atoms with van der Waals surface area (Å²) in [6.07, 6.45) is -9.64. The smallest absolute Gasteiger partial charge is 0.311 e. The van der Waals surface area contributed by atoms with Gasteiger partial charge in [-0.15, -0.1) is 0 Å². The van der Waals surface area contributed by atoms with Crippen molar-refractivity contribution in [3.05, 3.63) is 0 Å². The molecule has 18 atom stereocenters. The summed E-state index contributed by atoms with van der Waals surface area (Å²) in [5.74, 6) is -4.22. The number of oxime groups is 1. The minimum Gasteiger partial charge on any atom is -0.459 e. The van der Waals surface area contributed by atoms with Crippen molar-refractivity contribution in [3.8, 4) is 0 Å². The predicted octanol–water partition coefficient (Wildman–Crippen LogP) is 2.18. The maximum atomic E-state index is 14.4. The first kappa shape index (κ1) is 52.7. The molecule has 0 radical (unpaired) electrons. The van der Waals surface area contributed by atoms with Gasteiger partial charge in [-0.1, -0.05) is 32.9 Å². The Balaban J connectivity index is 2.18. The van der Waals surface area contributed by atoms with Gasteiger partial charge in [0.2, 0.25) is 6.79 Å². The van der Waals surface area contributed by atoms with E-state index in [-0.39, 0.29) is 50.7 Å². The molecule has 0 amide bonds. The van der Waals surface area contributed by atoms with Crippen LogP contribution in [0.4, 0.5) is 0 Å². The second-order valence-corrected chi connectivity index (χ2v) is 18.1. The van der Waals surface area contributed by atoms with Crippen LogP contribution in [0.15, 0.2) is 5.16 Å². The van der Waals surface area contributed by atoms with Crippen molar-refractivity contribution in [2.24, 2.45) is 28.8 Å². The van der Waals surface area contributed by atoms with E-state index in [4.69, 9.17) is 47.5 Å². The van der Waals surface area contributed by atoms with Crippen molar-refractivity contribution in [3.63, 3.8) is 0 Å². The number of ether oxygens (including phenoxy) is 9. The number of carbonyl (C=O) groups is 1. The van der Waals surface area contributed by atoms with Crippen LogP contribution in [0.5, 0.6) is 0 Å². The van der Waals surface area contributed by atoms with Crippen LogP contribution in [0.3, 0.4) is 0 Å². The minimum absolute atomic E-state index is 0.0481. The van der Waals surface area contributed by atoms with E-state index in [2.05, 4.69) is 5.16 Å². The van der Waals surface area contributed by atoms with Gasteiger partial charge in [-0.3, -0.25) is 4.79 Å². The van der Waals surface area contributed by atoms with E-state index in [0.29, 0.717) is 19.6 Å². The molecule has 0 spiro atoms. The van der Waals surface area contributed by atoms with Crippen LogP contribution < -0.4 is 0 Å². The van der Waals surface area contributed by atoms with E-state index in [1.807, 2.05) is 25.9 Å². The van der Waals surface area contributed by atoms with Crippen molar-refractivity contribution >= 4 is 11.7 Å². The molecule has 18 heteroatoms. The van der Waals surface area contributed by atoms with Gasteiger partial charge >= 0.3 is 5.97 Å². The Labute approximate surface area is 357 Å². The third kappa shape index (κ3) is 13.0. The third-order valence-electron chi connectivity index (χ3n) is 12.8. The van der Waals surface area contributed by atoms with Gasteiger partial charge in [-0.2, -0.15) is 0 Å². The van der Waals surface area contributed by atoms with Gasteiger partial charge in [0, 0.05) is 44.4 Å². The fourth-order valence-corrected chi connectivity index (χ4v) is 9.03. The predicted molar refractivity (Wildman–Crippen MR) is 218 cm³/mol. The Hall–Kier alpha value is -1.62. The Kier molecular flexibility index (Phi) is 20.1. The molecule has 5 N–H and O–H groups in total. The standard InChI is InChI=1S/C42H78N2O16/c1-15-30-42(10,50)35(46)25(4)32(43-55-22-54-21-53-17-16-51-13)23(2)19-40(8,49)37(60-39-33(45)29(44(11)12)18-24(3)56-39)26(5)34(27(6)38(48)58-30)59-31-20-41(9,52-14)36(47)28(7)57-31/h23-31,33-37,39,45-47,49-50H,15-22H2,1-14H3. The lowest BCUT2D eigenvalue weighted by Crippen LogP contribution is -2.61. The highest BCUT2D eigenvalue weighted by Crippen LogP contribution is 2.41. The molecule has 3 fully saturated rings. The molecule has 18 unspecified atom stereocenters. The van der Waals surface area contributed by atoms with Crippen LogP contribution >= 0.6 is 0 Å². The molecule has 0 saturated carbocycles. The first-order valence-corrected chi connectivity index (χ1v) is 21.3. The fourth-order valence-electron chi connectivity index (χ4n) is 9.03. The maximum absolute atomic E-state index is 14.4. The Bertz CT molecular complexity index is 1340. The lowest BCUT2D eigenvalue weighted by Gasteiger charge is -2.49. The van der Waals surface area contributed by atoms with Crippen molar-refractivity contribution in [2.45, 2.75) is 179 Å². The number of aliphatic hydroxyl groups excluding tert-OH is 3. The molecule has 18 nitrogen and oxygen atoms in total. The second kappa shape index (κ2) is 22.8. The topological polar surface area (TPSA) is 226 Å². The summed E-state index contributed by atoms with van der Waals surface area (Å²) in [6, 6.07) is -0.336. The Morgan fingerprint density at radius 3 is 2.13 bits per heavy atom. The molecule has 0 aromatic rings. The molecule has 3 aliphatic heterocycles. The lowest BCUT2D eigenvalue weighted by atomic mass is 9.73. The molecule has 0 bridgehead atoms. The summed E-state index contributed by atoms with van der Waals surface area (Å²) in [7, 11) is 6.76. The van der Waals surface area contributed by atoms with Gasteiger partial charge < -0.3 is 77.9 Å². The zero-order valence-corrected chi connectivity index (χ0v) is 38.4. The number of nitrogens with zero attached hydrogens (tertiary/aromatic N) is 2. The number of aliphatic hydroxyl groups is 5. The van der Waals surface area contributed by atoms with Gasteiger partial charge in [-0.25, -0.2) is 0 Å². The first-order valence-electron chi connectivity index (χ1n) is 21.3. The number of esters is 1. The van der Waals surface area contributed by atoms with E-state index in [9.17, 15) is 30.3 Å². The molecule has 60 heavy (non-hydrogen) atoms. The highest BCUT2D eigenvalue weighted by molar-refractivity contribution is 5.88. The molecule has 0 aromatic heterocycles. The van der Waals surface area contributed by atoms with Gasteiger partial charge in [0.25, 0.3) is 0 Å². The van der Waals surface area contributed by atoms with Crippen molar-refractivity contribution in [2.75, 3.05) is 55.1 Å². The SMILES string of the molecule is CCC1OC(=O)C(C)C(OC2CC(C)(OC)C(O)C(C)O2)C(C)C(OC2OC(C)CC(N(C)C)C2O)C(C)(O)CC(C)C(=NOCOCOCCOC)C(C)C(O)C1(C)O. The zero-order chi connectivity index (χ0) is 45.3. The van der Waals surface area contributed by atoms with Gasteiger partial charge in [0.05, 0.1) is 66.6 Å². The zero-order valence-electron chi connectivity index (χ0n) is 38.4. The van der Waals surface area contributed by atoms with E-state index in [0.717, 1.165) is 0 Å². The number of cyclic esters (lactones) is 1. The molecule has 3 heterocycles. The number of methoxy groups -OCH3 is 2. The van der Waals surface area contributed by atoms with Crippen LogP contribution in [0.1, 0.15) is 94.9 Å². The lowest BCUT2D eigenvalue weighted by molar-refractivity contribution is -0.317. The Morgan fingerprint density at radius 1 is 0.867 bits per heavy atom. The van der Waals surface area contributed by atoms with E-state index >= 15 is 0 Å². The van der Waals surface area contributed by atoms with Gasteiger partial charge in [-0.05, 0) is 74.9 Å². The normalized spacial score (nSPS) is 44.7. The van der Waals surface area contributed by atoms with Gasteiger partial charge in [0.1, 0.15) is 23.9 Å². The summed E-state index contributed by atoms with van der Waals surface area (Å²) in [6.45, 7) is 17.2. The van der Waals surface area contributed by atoms with Crippen molar-refractivity contribution in [1.82, 2.24) is 4.90 Å². The summed E-state index contributed by atoms with van der Waals surface area (Å²) < 4.78 is 53.4. The van der Waals surface area contributed by atoms with Crippen molar-refractivity contribution < 1.29 is 77.8 Å². The molecular formula is C42H78N2O16. The summed E-state index contributed by atoms with van der Waals surface area (Å²) >= 11 is 0. The number of hydrogen-bond donors (Lipinski definition) is 5. The molecule has 3 saturated heterocycles. The van der Waals surface area contributed by atoms with Crippen LogP contribution in [-0.2, 0) is 52.3 Å². The van der Waals surface area contributed by atoms with Crippen LogP contribution in [0.25, 0.3) is 0 Å². The average Bonchev–Trinajstić information content (AvgIpc) is 3.18. The average molecular weight is 867 g/mol. The molecular weight excluding hydrogens is 788 g/mol. The number of rotatable bonds is 15. The minimum atomic E-state index is -1.98. The molecule has 352 valence electrons.